The zero-order valence-electron chi connectivity index (χ0n) is 8.60. The summed E-state index contributed by atoms with van der Waals surface area (Å²) in [5.41, 5.74) is 0.244. The number of nitrogens with one attached hydrogen (secondary N) is 1. The van der Waals surface area contributed by atoms with Crippen LogP contribution >= 0.6 is 0 Å². The topological polar surface area (TPSA) is 29.1 Å². The van der Waals surface area contributed by atoms with Gasteiger partial charge in [0.2, 0.25) is 5.91 Å². The van der Waals surface area contributed by atoms with Crippen LogP contribution in [0.5, 0.6) is 0 Å². The minimum Gasteiger partial charge on any atom is -0.353 e. The first-order chi connectivity index (χ1) is 6.13. The van der Waals surface area contributed by atoms with Gasteiger partial charge in [-0.25, -0.2) is 0 Å². The van der Waals surface area contributed by atoms with Crippen molar-refractivity contribution in [3.05, 3.63) is 0 Å². The third-order valence-corrected chi connectivity index (χ3v) is 4.20. The van der Waals surface area contributed by atoms with E-state index in [0.717, 1.165) is 12.3 Å². The molecule has 1 heterocycles. The molecule has 0 aromatic carbocycles. The Labute approximate surface area is 80.1 Å². The molecule has 2 rings (SSSR count). The highest BCUT2D eigenvalue weighted by molar-refractivity contribution is 5.79. The highest BCUT2D eigenvalue weighted by Crippen LogP contribution is 2.46. The predicted molar refractivity (Wildman–Crippen MR) is 52.3 cm³/mol. The van der Waals surface area contributed by atoms with Gasteiger partial charge in [0.15, 0.2) is 0 Å². The molecule has 1 N–H and O–H groups in total. The van der Waals surface area contributed by atoms with Crippen LogP contribution in [-0.2, 0) is 4.79 Å². The largest absolute Gasteiger partial charge is 0.353 e. The maximum atomic E-state index is 11.3. The van der Waals surface area contributed by atoms with E-state index in [-0.39, 0.29) is 11.3 Å². The Balaban J connectivity index is 2.14. The quantitative estimate of drug-likeness (QED) is 0.659. The van der Waals surface area contributed by atoms with Gasteiger partial charge in [0.1, 0.15) is 0 Å². The van der Waals surface area contributed by atoms with E-state index < -0.39 is 0 Å². The smallest absolute Gasteiger partial charge is 0.220 e. The molecule has 2 atom stereocenters. The fourth-order valence-corrected chi connectivity index (χ4v) is 3.04. The van der Waals surface area contributed by atoms with Crippen molar-refractivity contribution in [3.63, 3.8) is 0 Å². The van der Waals surface area contributed by atoms with E-state index in [4.69, 9.17) is 0 Å². The highest BCUT2D eigenvalue weighted by Gasteiger charge is 2.46. The standard InChI is InChI=1S/C11H19NO/c1-8-11(2,7-10(13)12-8)9-5-3-4-6-9/h8-9H,3-7H2,1-2H3,(H,12,13). The number of hydrogen-bond acceptors (Lipinski definition) is 1. The summed E-state index contributed by atoms with van der Waals surface area (Å²) in [6.45, 7) is 4.44. The molecule has 1 aliphatic carbocycles. The predicted octanol–water partition coefficient (Wildman–Crippen LogP) is 2.09. The minimum atomic E-state index is 0.244. The lowest BCUT2D eigenvalue weighted by Gasteiger charge is -2.34. The van der Waals surface area contributed by atoms with E-state index in [0.29, 0.717) is 6.04 Å². The van der Waals surface area contributed by atoms with Crippen LogP contribution in [0.4, 0.5) is 0 Å². The molecular weight excluding hydrogens is 162 g/mol. The van der Waals surface area contributed by atoms with Crippen molar-refractivity contribution in [2.75, 3.05) is 0 Å². The number of carbonyl (C=O) groups excluding carboxylic acids is 1. The first kappa shape index (κ1) is 9.04. The van der Waals surface area contributed by atoms with Crippen molar-refractivity contribution in [2.24, 2.45) is 11.3 Å². The van der Waals surface area contributed by atoms with Crippen LogP contribution in [0.3, 0.4) is 0 Å². The van der Waals surface area contributed by atoms with Crippen LogP contribution in [0.2, 0.25) is 0 Å². The van der Waals surface area contributed by atoms with E-state index in [1.54, 1.807) is 0 Å². The van der Waals surface area contributed by atoms with Crippen LogP contribution in [-0.4, -0.2) is 11.9 Å². The fourth-order valence-electron chi connectivity index (χ4n) is 3.04. The Kier molecular flexibility index (Phi) is 2.09. The molecule has 0 spiro atoms. The van der Waals surface area contributed by atoms with Crippen molar-refractivity contribution in [1.82, 2.24) is 5.32 Å². The molecule has 1 saturated heterocycles. The molecular formula is C11H19NO. The van der Waals surface area contributed by atoms with Crippen LogP contribution in [0, 0.1) is 11.3 Å². The molecule has 1 aliphatic heterocycles. The SMILES string of the molecule is CC1NC(=O)CC1(C)C1CCCC1. The Morgan fingerprint density at radius 1 is 1.38 bits per heavy atom. The van der Waals surface area contributed by atoms with Crippen LogP contribution < -0.4 is 5.32 Å². The average Bonchev–Trinajstić information content (AvgIpc) is 2.61. The van der Waals surface area contributed by atoms with E-state index in [1.807, 2.05) is 0 Å². The molecule has 13 heavy (non-hydrogen) atoms. The molecule has 0 aromatic heterocycles. The van der Waals surface area contributed by atoms with Gasteiger partial charge in [0.05, 0.1) is 0 Å². The van der Waals surface area contributed by atoms with Crippen molar-refractivity contribution >= 4 is 5.91 Å². The summed E-state index contributed by atoms with van der Waals surface area (Å²) in [5, 5.41) is 3.05. The highest BCUT2D eigenvalue weighted by atomic mass is 16.2. The second-order valence-electron chi connectivity index (χ2n) is 4.95. The molecule has 0 bridgehead atoms. The van der Waals surface area contributed by atoms with Crippen molar-refractivity contribution in [3.8, 4) is 0 Å². The minimum absolute atomic E-state index is 0.244. The Morgan fingerprint density at radius 3 is 2.46 bits per heavy atom. The van der Waals surface area contributed by atoms with Crippen LogP contribution in [0.25, 0.3) is 0 Å². The van der Waals surface area contributed by atoms with E-state index in [1.165, 1.54) is 25.7 Å². The lowest BCUT2D eigenvalue weighted by atomic mass is 9.71. The van der Waals surface area contributed by atoms with Gasteiger partial charge in [-0.2, -0.15) is 0 Å². The third-order valence-electron chi connectivity index (χ3n) is 4.20. The van der Waals surface area contributed by atoms with E-state index >= 15 is 0 Å². The van der Waals surface area contributed by atoms with Crippen molar-refractivity contribution < 1.29 is 4.79 Å². The first-order valence-electron chi connectivity index (χ1n) is 5.42. The summed E-state index contributed by atoms with van der Waals surface area (Å²) in [6, 6.07) is 0.378. The van der Waals surface area contributed by atoms with Gasteiger partial charge in [-0.3, -0.25) is 4.79 Å². The fraction of sp³-hybridized carbons (Fsp3) is 0.909. The first-order valence-corrected chi connectivity index (χ1v) is 5.42. The Morgan fingerprint density at radius 2 is 2.00 bits per heavy atom. The molecule has 2 aliphatic rings. The zero-order valence-corrected chi connectivity index (χ0v) is 8.60. The monoisotopic (exact) mass is 181 g/mol. The maximum Gasteiger partial charge on any atom is 0.220 e. The molecule has 1 saturated carbocycles. The Hall–Kier alpha value is -0.530. The normalized spacial score (nSPS) is 41.1. The van der Waals surface area contributed by atoms with Crippen LogP contribution in [0.15, 0.2) is 0 Å². The van der Waals surface area contributed by atoms with Crippen LogP contribution in [0.1, 0.15) is 46.0 Å². The van der Waals surface area contributed by atoms with Crippen molar-refractivity contribution in [2.45, 2.75) is 52.0 Å². The Bertz CT molecular complexity index is 220. The van der Waals surface area contributed by atoms with E-state index in [9.17, 15) is 4.79 Å². The summed E-state index contributed by atoms with van der Waals surface area (Å²) in [4.78, 5) is 11.3. The van der Waals surface area contributed by atoms with Gasteiger partial charge >= 0.3 is 0 Å². The average molecular weight is 181 g/mol. The van der Waals surface area contributed by atoms with Crippen molar-refractivity contribution in [1.29, 1.82) is 0 Å². The molecule has 2 nitrogen and oxygen atoms in total. The van der Waals surface area contributed by atoms with Gasteiger partial charge in [0.25, 0.3) is 0 Å². The summed E-state index contributed by atoms with van der Waals surface area (Å²) < 4.78 is 0. The summed E-state index contributed by atoms with van der Waals surface area (Å²) >= 11 is 0. The maximum absolute atomic E-state index is 11.3. The molecule has 0 radical (unpaired) electrons. The summed E-state index contributed by atoms with van der Waals surface area (Å²) in [7, 11) is 0. The number of amides is 1. The van der Waals surface area contributed by atoms with Gasteiger partial charge in [0, 0.05) is 12.5 Å². The van der Waals surface area contributed by atoms with Gasteiger partial charge < -0.3 is 5.32 Å². The number of carbonyl (C=O) groups is 1. The van der Waals surface area contributed by atoms with E-state index in [2.05, 4.69) is 19.2 Å². The molecule has 2 heteroatoms. The molecule has 2 fully saturated rings. The molecule has 74 valence electrons. The summed E-state index contributed by atoms with van der Waals surface area (Å²) in [6.07, 6.45) is 6.13. The van der Waals surface area contributed by atoms with Gasteiger partial charge in [-0.05, 0) is 31.1 Å². The second-order valence-corrected chi connectivity index (χ2v) is 4.95. The van der Waals surface area contributed by atoms with Gasteiger partial charge in [-0.15, -0.1) is 0 Å². The lowest BCUT2D eigenvalue weighted by Crippen LogP contribution is -2.37. The summed E-state index contributed by atoms with van der Waals surface area (Å²) in [5.74, 6) is 1.03. The zero-order chi connectivity index (χ0) is 9.47. The molecule has 1 amide bonds. The second kappa shape index (κ2) is 3.00. The number of rotatable bonds is 1. The number of hydrogen-bond donors (Lipinski definition) is 1. The van der Waals surface area contributed by atoms with Gasteiger partial charge in [-0.1, -0.05) is 19.8 Å². The third kappa shape index (κ3) is 1.36. The molecule has 0 aromatic rings. The molecule has 2 unspecified atom stereocenters. The lowest BCUT2D eigenvalue weighted by molar-refractivity contribution is -0.119.